The summed E-state index contributed by atoms with van der Waals surface area (Å²) in [5.74, 6) is -0.297. The van der Waals surface area contributed by atoms with Gasteiger partial charge in [-0.3, -0.25) is 0 Å². The maximum absolute atomic E-state index is 13.4. The molecule has 1 aromatic carbocycles. The third kappa shape index (κ3) is 2.02. The van der Waals surface area contributed by atoms with Gasteiger partial charge in [0.05, 0.1) is 5.02 Å². The van der Waals surface area contributed by atoms with Crippen molar-refractivity contribution in [3.8, 4) is 0 Å². The third-order valence-electron chi connectivity index (χ3n) is 2.08. The predicted molar refractivity (Wildman–Crippen MR) is 54.8 cm³/mol. The molecule has 0 bridgehead atoms. The first-order valence-electron chi connectivity index (χ1n) is 4.29. The van der Waals surface area contributed by atoms with Crippen LogP contribution in [0.1, 0.15) is 31.9 Å². The fourth-order valence-electron chi connectivity index (χ4n) is 1.23. The lowest BCUT2D eigenvalue weighted by Gasteiger charge is -2.21. The van der Waals surface area contributed by atoms with Crippen molar-refractivity contribution in [2.24, 2.45) is 0 Å². The zero-order chi connectivity index (χ0) is 10.2. The molecule has 0 aliphatic carbocycles. The molecule has 0 amide bonds. The lowest BCUT2D eigenvalue weighted by atomic mass is 9.86. The number of hydrogen-bond acceptors (Lipinski definition) is 0. The van der Waals surface area contributed by atoms with Gasteiger partial charge >= 0.3 is 0 Å². The Hall–Kier alpha value is -0.560. The number of benzene rings is 1. The highest BCUT2D eigenvalue weighted by Gasteiger charge is 2.20. The molecule has 0 aliphatic heterocycles. The summed E-state index contributed by atoms with van der Waals surface area (Å²) in [4.78, 5) is 0. The van der Waals surface area contributed by atoms with Gasteiger partial charge in [0.15, 0.2) is 0 Å². The summed E-state index contributed by atoms with van der Waals surface area (Å²) in [6.45, 7) is 7.77. The van der Waals surface area contributed by atoms with Gasteiger partial charge in [0.2, 0.25) is 0 Å². The molecule has 0 unspecified atom stereocenters. The number of hydrogen-bond donors (Lipinski definition) is 0. The quantitative estimate of drug-likeness (QED) is 0.592. The normalized spacial score (nSPS) is 11.8. The Bertz CT molecular complexity index is 324. The van der Waals surface area contributed by atoms with Crippen molar-refractivity contribution in [1.82, 2.24) is 0 Å². The molecule has 0 heterocycles. The van der Waals surface area contributed by atoms with Crippen molar-refractivity contribution in [3.63, 3.8) is 0 Å². The van der Waals surface area contributed by atoms with Crippen LogP contribution in [0.15, 0.2) is 12.1 Å². The Balaban J connectivity index is 3.35. The summed E-state index contributed by atoms with van der Waals surface area (Å²) in [5, 5.41) is 0.257. The molecular formula is C11H14ClF. The maximum Gasteiger partial charge on any atom is 0.144 e. The van der Waals surface area contributed by atoms with Gasteiger partial charge < -0.3 is 0 Å². The van der Waals surface area contributed by atoms with Gasteiger partial charge in [-0.05, 0) is 23.5 Å². The van der Waals surface area contributed by atoms with E-state index in [0.29, 0.717) is 5.56 Å². The van der Waals surface area contributed by atoms with E-state index in [1.807, 2.05) is 26.8 Å². The van der Waals surface area contributed by atoms with Crippen LogP contribution in [0, 0.1) is 12.7 Å². The smallest absolute Gasteiger partial charge is 0.144 e. The van der Waals surface area contributed by atoms with Gasteiger partial charge in [0, 0.05) is 0 Å². The maximum atomic E-state index is 13.4. The third-order valence-corrected chi connectivity index (χ3v) is 2.45. The zero-order valence-corrected chi connectivity index (χ0v) is 9.17. The van der Waals surface area contributed by atoms with Gasteiger partial charge in [0.25, 0.3) is 0 Å². The molecule has 0 saturated carbocycles. The van der Waals surface area contributed by atoms with E-state index in [9.17, 15) is 4.39 Å². The Morgan fingerprint density at radius 3 is 2.23 bits per heavy atom. The second kappa shape index (κ2) is 3.30. The summed E-state index contributed by atoms with van der Waals surface area (Å²) in [5.41, 5.74) is 1.35. The van der Waals surface area contributed by atoms with E-state index in [2.05, 4.69) is 0 Å². The highest BCUT2D eigenvalue weighted by Crippen LogP contribution is 2.32. The van der Waals surface area contributed by atoms with E-state index >= 15 is 0 Å². The summed E-state index contributed by atoms with van der Waals surface area (Å²) in [7, 11) is 0. The SMILES string of the molecule is Cc1ccc(C(C)(C)C)c(Cl)c1F. The highest BCUT2D eigenvalue weighted by atomic mass is 35.5. The van der Waals surface area contributed by atoms with E-state index in [-0.39, 0.29) is 16.3 Å². The first-order valence-corrected chi connectivity index (χ1v) is 4.67. The van der Waals surface area contributed by atoms with Crippen molar-refractivity contribution in [3.05, 3.63) is 34.1 Å². The molecule has 2 heteroatoms. The largest absolute Gasteiger partial charge is 0.205 e. The average Bonchev–Trinajstić information content (AvgIpc) is 1.98. The molecule has 1 rings (SSSR count). The fraction of sp³-hybridized carbons (Fsp3) is 0.455. The topological polar surface area (TPSA) is 0 Å². The summed E-state index contributed by atoms with van der Waals surface area (Å²) in [6, 6.07) is 3.66. The number of aryl methyl sites for hydroxylation is 1. The molecule has 13 heavy (non-hydrogen) atoms. The molecule has 1 aromatic rings. The molecular weight excluding hydrogens is 187 g/mol. The molecule has 0 atom stereocenters. The van der Waals surface area contributed by atoms with Gasteiger partial charge in [0.1, 0.15) is 5.82 Å². The number of halogens is 2. The molecule has 0 radical (unpaired) electrons. The average molecular weight is 201 g/mol. The molecule has 0 aliphatic rings. The second-order valence-electron chi connectivity index (χ2n) is 4.31. The predicted octanol–water partition coefficient (Wildman–Crippen LogP) is 4.09. The van der Waals surface area contributed by atoms with Crippen molar-refractivity contribution >= 4 is 11.6 Å². The van der Waals surface area contributed by atoms with Crippen LogP contribution in [-0.4, -0.2) is 0 Å². The lowest BCUT2D eigenvalue weighted by Crippen LogP contribution is -2.12. The van der Waals surface area contributed by atoms with Gasteiger partial charge in [-0.1, -0.05) is 44.5 Å². The molecule has 0 aromatic heterocycles. The van der Waals surface area contributed by atoms with E-state index < -0.39 is 0 Å². The van der Waals surface area contributed by atoms with Crippen LogP contribution in [0.3, 0.4) is 0 Å². The van der Waals surface area contributed by atoms with Crippen LogP contribution < -0.4 is 0 Å². The Labute approximate surface area is 83.7 Å². The van der Waals surface area contributed by atoms with Gasteiger partial charge in [-0.25, -0.2) is 4.39 Å². The Kier molecular flexibility index (Phi) is 2.67. The minimum atomic E-state index is -0.297. The Morgan fingerprint density at radius 2 is 1.77 bits per heavy atom. The summed E-state index contributed by atoms with van der Waals surface area (Å²) in [6.07, 6.45) is 0. The second-order valence-corrected chi connectivity index (χ2v) is 4.69. The molecule has 0 nitrogen and oxygen atoms in total. The first kappa shape index (κ1) is 10.5. The molecule has 0 spiro atoms. The van der Waals surface area contributed by atoms with E-state index in [0.717, 1.165) is 5.56 Å². The van der Waals surface area contributed by atoms with Crippen molar-refractivity contribution in [2.45, 2.75) is 33.1 Å². The monoisotopic (exact) mass is 200 g/mol. The molecule has 0 N–H and O–H groups in total. The Morgan fingerprint density at radius 1 is 1.23 bits per heavy atom. The van der Waals surface area contributed by atoms with Crippen LogP contribution in [0.25, 0.3) is 0 Å². The van der Waals surface area contributed by atoms with Gasteiger partial charge in [-0.2, -0.15) is 0 Å². The van der Waals surface area contributed by atoms with E-state index in [1.54, 1.807) is 13.0 Å². The highest BCUT2D eigenvalue weighted by molar-refractivity contribution is 6.31. The minimum absolute atomic E-state index is 0.106. The lowest BCUT2D eigenvalue weighted by molar-refractivity contribution is 0.569. The standard InChI is InChI=1S/C11H14ClF/c1-7-5-6-8(11(2,3)4)9(12)10(7)13/h5-6H,1-4H3. The molecule has 72 valence electrons. The van der Waals surface area contributed by atoms with E-state index in [1.165, 1.54) is 0 Å². The van der Waals surface area contributed by atoms with Crippen LogP contribution >= 0.6 is 11.6 Å². The van der Waals surface area contributed by atoms with Crippen LogP contribution in [0.4, 0.5) is 4.39 Å². The molecule has 0 saturated heterocycles. The van der Waals surface area contributed by atoms with Gasteiger partial charge in [-0.15, -0.1) is 0 Å². The van der Waals surface area contributed by atoms with Crippen LogP contribution in [-0.2, 0) is 5.41 Å². The zero-order valence-electron chi connectivity index (χ0n) is 8.41. The fourth-order valence-corrected chi connectivity index (χ4v) is 1.72. The summed E-state index contributed by atoms with van der Waals surface area (Å²) < 4.78 is 13.4. The van der Waals surface area contributed by atoms with Crippen LogP contribution in [0.2, 0.25) is 5.02 Å². The van der Waals surface area contributed by atoms with Crippen LogP contribution in [0.5, 0.6) is 0 Å². The van der Waals surface area contributed by atoms with E-state index in [4.69, 9.17) is 11.6 Å². The number of rotatable bonds is 0. The minimum Gasteiger partial charge on any atom is -0.205 e. The first-order chi connectivity index (χ1) is 5.84. The van der Waals surface area contributed by atoms with Crippen molar-refractivity contribution in [1.29, 1.82) is 0 Å². The van der Waals surface area contributed by atoms with Crippen molar-refractivity contribution in [2.75, 3.05) is 0 Å². The van der Waals surface area contributed by atoms with Crippen molar-refractivity contribution < 1.29 is 4.39 Å². The summed E-state index contributed by atoms with van der Waals surface area (Å²) >= 11 is 5.91. The molecule has 0 fully saturated rings.